The third kappa shape index (κ3) is 11.8. The smallest absolute Gasteiger partial charge is 0.157 e. The van der Waals surface area contributed by atoms with Gasteiger partial charge in [0.1, 0.15) is 0 Å². The molecule has 122 valence electrons. The van der Waals surface area contributed by atoms with Gasteiger partial charge >= 0.3 is 0 Å². The lowest BCUT2D eigenvalue weighted by molar-refractivity contribution is -0.161. The molecule has 0 aromatic rings. The van der Waals surface area contributed by atoms with Crippen LogP contribution in [-0.4, -0.2) is 19.5 Å². The van der Waals surface area contributed by atoms with Crippen LogP contribution in [0, 0.1) is 11.8 Å². The largest absolute Gasteiger partial charge is 0.353 e. The van der Waals surface area contributed by atoms with Gasteiger partial charge in [0, 0.05) is 19.4 Å². The molecule has 0 aromatic carbocycles. The summed E-state index contributed by atoms with van der Waals surface area (Å²) in [6.45, 7) is 3.84. The number of rotatable bonds is 11. The quantitative estimate of drug-likeness (QED) is 0.372. The van der Waals surface area contributed by atoms with Gasteiger partial charge in [-0.25, -0.2) is 0 Å². The van der Waals surface area contributed by atoms with E-state index in [0.29, 0.717) is 0 Å². The van der Waals surface area contributed by atoms with Gasteiger partial charge < -0.3 is 9.47 Å². The molecule has 0 radical (unpaired) electrons. The molecule has 0 spiro atoms. The molecular formula is C19H34O2. The highest BCUT2D eigenvalue weighted by Crippen LogP contribution is 2.13. The Morgan fingerprint density at radius 1 is 0.905 bits per heavy atom. The molecule has 1 saturated heterocycles. The van der Waals surface area contributed by atoms with E-state index in [1.54, 1.807) is 0 Å². The minimum Gasteiger partial charge on any atom is -0.353 e. The van der Waals surface area contributed by atoms with Gasteiger partial charge in [-0.3, -0.25) is 0 Å². The first kappa shape index (κ1) is 18.5. The van der Waals surface area contributed by atoms with Gasteiger partial charge in [0.25, 0.3) is 0 Å². The van der Waals surface area contributed by atoms with E-state index in [9.17, 15) is 0 Å². The Bertz CT molecular complexity index is 271. The summed E-state index contributed by atoms with van der Waals surface area (Å²) >= 11 is 0. The fourth-order valence-corrected chi connectivity index (χ4v) is 2.61. The summed E-state index contributed by atoms with van der Waals surface area (Å²) in [5, 5.41) is 0. The van der Waals surface area contributed by atoms with Crippen LogP contribution < -0.4 is 0 Å². The van der Waals surface area contributed by atoms with Crippen LogP contribution in [0.4, 0.5) is 0 Å². The minimum atomic E-state index is 0.0354. The Balaban J connectivity index is 1.78. The van der Waals surface area contributed by atoms with Gasteiger partial charge in [-0.2, -0.15) is 0 Å². The summed E-state index contributed by atoms with van der Waals surface area (Å²) in [5.74, 6) is 6.48. The highest BCUT2D eigenvalue weighted by molar-refractivity contribution is 4.98. The second-order valence-corrected chi connectivity index (χ2v) is 6.00. The summed E-state index contributed by atoms with van der Waals surface area (Å²) in [7, 11) is 0. The van der Waals surface area contributed by atoms with Crippen molar-refractivity contribution in [3.05, 3.63) is 0 Å². The molecule has 1 aliphatic heterocycles. The van der Waals surface area contributed by atoms with Crippen molar-refractivity contribution in [3.63, 3.8) is 0 Å². The van der Waals surface area contributed by atoms with E-state index in [-0.39, 0.29) is 6.29 Å². The maximum atomic E-state index is 5.65. The predicted octanol–water partition coefficient (Wildman–Crippen LogP) is 5.45. The van der Waals surface area contributed by atoms with Gasteiger partial charge in [-0.1, -0.05) is 51.9 Å². The van der Waals surface area contributed by atoms with Crippen molar-refractivity contribution in [1.29, 1.82) is 0 Å². The van der Waals surface area contributed by atoms with E-state index in [1.165, 1.54) is 64.2 Å². The first-order chi connectivity index (χ1) is 10.4. The molecule has 0 saturated carbocycles. The van der Waals surface area contributed by atoms with Gasteiger partial charge in [0.15, 0.2) is 6.29 Å². The second-order valence-electron chi connectivity index (χ2n) is 6.00. The third-order valence-corrected chi connectivity index (χ3v) is 3.95. The first-order valence-corrected chi connectivity index (χ1v) is 9.12. The molecule has 1 fully saturated rings. The Morgan fingerprint density at radius 3 is 2.33 bits per heavy atom. The molecule has 1 atom stereocenters. The first-order valence-electron chi connectivity index (χ1n) is 9.12. The summed E-state index contributed by atoms with van der Waals surface area (Å²) in [6, 6.07) is 0. The summed E-state index contributed by atoms with van der Waals surface area (Å²) in [4.78, 5) is 0. The monoisotopic (exact) mass is 294 g/mol. The lowest BCUT2D eigenvalue weighted by Crippen LogP contribution is -2.22. The van der Waals surface area contributed by atoms with Gasteiger partial charge in [0.05, 0.1) is 6.61 Å². The lowest BCUT2D eigenvalue weighted by atomic mass is 10.1. The zero-order valence-electron chi connectivity index (χ0n) is 14.0. The van der Waals surface area contributed by atoms with E-state index >= 15 is 0 Å². The average molecular weight is 294 g/mol. The fourth-order valence-electron chi connectivity index (χ4n) is 2.61. The van der Waals surface area contributed by atoms with Crippen LogP contribution in [0.15, 0.2) is 0 Å². The van der Waals surface area contributed by atoms with Crippen LogP contribution in [0.3, 0.4) is 0 Å². The highest BCUT2D eigenvalue weighted by atomic mass is 16.7. The molecular weight excluding hydrogens is 260 g/mol. The van der Waals surface area contributed by atoms with Crippen molar-refractivity contribution >= 4 is 0 Å². The van der Waals surface area contributed by atoms with E-state index in [0.717, 1.165) is 32.5 Å². The maximum Gasteiger partial charge on any atom is 0.157 e. The van der Waals surface area contributed by atoms with Crippen LogP contribution in [0.2, 0.25) is 0 Å². The Hall–Kier alpha value is -0.520. The standard InChI is InChI=1S/C19H34O2/c1-2-3-4-5-6-7-8-9-10-11-12-14-17-20-19-16-13-15-18-21-19/h19H,2-10,13-18H2,1H3. The van der Waals surface area contributed by atoms with E-state index in [4.69, 9.17) is 9.47 Å². The molecule has 1 rings (SSSR count). The molecule has 1 unspecified atom stereocenters. The van der Waals surface area contributed by atoms with Gasteiger partial charge in [-0.15, -0.1) is 11.8 Å². The van der Waals surface area contributed by atoms with E-state index in [2.05, 4.69) is 18.8 Å². The molecule has 0 N–H and O–H groups in total. The van der Waals surface area contributed by atoms with Crippen LogP contribution in [-0.2, 0) is 9.47 Å². The van der Waals surface area contributed by atoms with Crippen molar-refractivity contribution < 1.29 is 9.47 Å². The van der Waals surface area contributed by atoms with Crippen molar-refractivity contribution in [3.8, 4) is 11.8 Å². The molecule has 0 aromatic heterocycles. The average Bonchev–Trinajstić information content (AvgIpc) is 2.53. The SMILES string of the molecule is CCCCCCCCCCC#CCCOC1CCCCO1. The molecule has 1 heterocycles. The molecule has 21 heavy (non-hydrogen) atoms. The topological polar surface area (TPSA) is 18.5 Å². The second kappa shape index (κ2) is 14.4. The fraction of sp³-hybridized carbons (Fsp3) is 0.895. The molecule has 0 bridgehead atoms. The molecule has 2 heteroatoms. The van der Waals surface area contributed by atoms with Crippen molar-refractivity contribution in [1.82, 2.24) is 0 Å². The number of ether oxygens (including phenoxy) is 2. The summed E-state index contributed by atoms with van der Waals surface area (Å²) < 4.78 is 11.2. The molecule has 2 nitrogen and oxygen atoms in total. The maximum absolute atomic E-state index is 5.65. The Labute approximate surface area is 132 Å². The zero-order chi connectivity index (χ0) is 15.0. The van der Waals surface area contributed by atoms with E-state index < -0.39 is 0 Å². The van der Waals surface area contributed by atoms with Crippen molar-refractivity contribution in [2.24, 2.45) is 0 Å². The molecule has 1 aliphatic rings. The predicted molar refractivity (Wildman–Crippen MR) is 89.2 cm³/mol. The number of hydrogen-bond donors (Lipinski definition) is 0. The normalized spacial score (nSPS) is 18.2. The van der Waals surface area contributed by atoms with Gasteiger partial charge in [0.2, 0.25) is 0 Å². The molecule has 0 aliphatic carbocycles. The van der Waals surface area contributed by atoms with Crippen molar-refractivity contribution in [2.45, 2.75) is 96.7 Å². The zero-order valence-corrected chi connectivity index (χ0v) is 14.0. The van der Waals surface area contributed by atoms with Crippen LogP contribution in [0.5, 0.6) is 0 Å². The lowest BCUT2D eigenvalue weighted by Gasteiger charge is -2.22. The highest BCUT2D eigenvalue weighted by Gasteiger charge is 2.12. The number of unbranched alkanes of at least 4 members (excludes halogenated alkanes) is 8. The van der Waals surface area contributed by atoms with Crippen molar-refractivity contribution in [2.75, 3.05) is 13.2 Å². The van der Waals surface area contributed by atoms with Crippen LogP contribution >= 0.6 is 0 Å². The minimum absolute atomic E-state index is 0.0354. The van der Waals surface area contributed by atoms with Crippen LogP contribution in [0.1, 0.15) is 90.4 Å². The van der Waals surface area contributed by atoms with E-state index in [1.807, 2.05) is 0 Å². The third-order valence-electron chi connectivity index (χ3n) is 3.95. The Morgan fingerprint density at radius 2 is 1.62 bits per heavy atom. The number of hydrogen-bond acceptors (Lipinski definition) is 2. The summed E-state index contributed by atoms with van der Waals surface area (Å²) in [5.41, 5.74) is 0. The van der Waals surface area contributed by atoms with Crippen LogP contribution in [0.25, 0.3) is 0 Å². The molecule has 0 amide bonds. The Kier molecular flexibility index (Phi) is 12.7. The summed E-state index contributed by atoms with van der Waals surface area (Å²) in [6.07, 6.45) is 16.3. The van der Waals surface area contributed by atoms with Gasteiger partial charge in [-0.05, 0) is 25.7 Å².